The zero-order valence-corrected chi connectivity index (χ0v) is 12.3. The van der Waals surface area contributed by atoms with Crippen molar-refractivity contribution in [2.75, 3.05) is 36.9 Å². The van der Waals surface area contributed by atoms with E-state index in [1.807, 2.05) is 12.3 Å². The molecule has 3 rings (SSSR count). The van der Waals surface area contributed by atoms with E-state index in [0.717, 1.165) is 34.7 Å². The van der Waals surface area contributed by atoms with Gasteiger partial charge in [0, 0.05) is 35.8 Å². The predicted octanol–water partition coefficient (Wildman–Crippen LogP) is 1.15. The van der Waals surface area contributed by atoms with Gasteiger partial charge in [-0.25, -0.2) is 4.98 Å². The van der Waals surface area contributed by atoms with Crippen molar-refractivity contribution in [2.45, 2.75) is 12.5 Å². The van der Waals surface area contributed by atoms with Crippen LogP contribution in [0.5, 0.6) is 0 Å². The van der Waals surface area contributed by atoms with Crippen LogP contribution in [0.3, 0.4) is 0 Å². The first-order valence-electron chi connectivity index (χ1n) is 6.04. The molecule has 18 heavy (non-hydrogen) atoms. The van der Waals surface area contributed by atoms with Crippen molar-refractivity contribution < 1.29 is 4.79 Å². The molecule has 2 aliphatic heterocycles. The topological polar surface area (TPSA) is 48.5 Å². The molecule has 5 nitrogen and oxygen atoms in total. The Morgan fingerprint density at radius 2 is 2.33 bits per heavy atom. The Bertz CT molecular complexity index is 493. The first kappa shape index (κ1) is 12.2. The molecule has 6 heteroatoms. The fourth-order valence-corrected chi connectivity index (χ4v) is 3.08. The van der Waals surface area contributed by atoms with E-state index in [0.29, 0.717) is 6.42 Å². The molecule has 0 aliphatic carbocycles. The lowest BCUT2D eigenvalue weighted by molar-refractivity contribution is -0.116. The van der Waals surface area contributed by atoms with E-state index in [1.54, 1.807) is 0 Å². The Morgan fingerprint density at radius 1 is 1.50 bits per heavy atom. The summed E-state index contributed by atoms with van der Waals surface area (Å²) in [5.41, 5.74) is 0.846. The second-order valence-electron chi connectivity index (χ2n) is 4.89. The quantitative estimate of drug-likeness (QED) is 0.707. The van der Waals surface area contributed by atoms with Gasteiger partial charge in [-0.3, -0.25) is 4.79 Å². The van der Waals surface area contributed by atoms with Crippen LogP contribution in [0, 0.1) is 3.57 Å². The number of carbonyl (C=O) groups excluding carboxylic acids is 1. The summed E-state index contributed by atoms with van der Waals surface area (Å²) in [6, 6.07) is 2.22. The fraction of sp³-hybridized carbons (Fsp3) is 0.500. The molecule has 1 saturated heterocycles. The normalized spacial score (nSPS) is 24.0. The molecule has 96 valence electrons. The molecule has 1 unspecified atom stereocenters. The highest BCUT2D eigenvalue weighted by molar-refractivity contribution is 14.1. The van der Waals surface area contributed by atoms with E-state index in [-0.39, 0.29) is 11.9 Å². The lowest BCUT2D eigenvalue weighted by Crippen LogP contribution is -2.52. The van der Waals surface area contributed by atoms with Gasteiger partial charge in [0.25, 0.3) is 0 Å². The Kier molecular flexibility index (Phi) is 3.14. The number of fused-ring (bicyclic) bond motifs is 3. The van der Waals surface area contributed by atoms with Gasteiger partial charge in [-0.05, 0) is 35.7 Å². The van der Waals surface area contributed by atoms with Crippen molar-refractivity contribution in [3.63, 3.8) is 0 Å². The number of hydrogen-bond acceptors (Lipinski definition) is 4. The van der Waals surface area contributed by atoms with E-state index in [9.17, 15) is 4.79 Å². The van der Waals surface area contributed by atoms with Gasteiger partial charge in [0.1, 0.15) is 0 Å². The summed E-state index contributed by atoms with van der Waals surface area (Å²) >= 11 is 2.22. The van der Waals surface area contributed by atoms with Gasteiger partial charge < -0.3 is 15.1 Å². The summed E-state index contributed by atoms with van der Waals surface area (Å²) in [6.45, 7) is 2.86. The zero-order valence-electron chi connectivity index (χ0n) is 10.2. The van der Waals surface area contributed by atoms with Crippen molar-refractivity contribution in [2.24, 2.45) is 0 Å². The van der Waals surface area contributed by atoms with Gasteiger partial charge in [-0.1, -0.05) is 0 Å². The maximum Gasteiger partial charge on any atom is 0.226 e. The maximum atomic E-state index is 11.9. The number of rotatable bonds is 0. The van der Waals surface area contributed by atoms with Gasteiger partial charge in [0.15, 0.2) is 5.82 Å². The molecule has 1 aromatic rings. The van der Waals surface area contributed by atoms with Crippen molar-refractivity contribution in [3.8, 4) is 0 Å². The first-order chi connectivity index (χ1) is 8.63. The molecule has 1 aromatic heterocycles. The average molecular weight is 358 g/mol. The molecule has 0 bridgehead atoms. The van der Waals surface area contributed by atoms with E-state index in [1.165, 1.54) is 0 Å². The number of amides is 1. The number of pyridine rings is 1. The molecule has 0 aromatic carbocycles. The van der Waals surface area contributed by atoms with Gasteiger partial charge in [0.2, 0.25) is 5.91 Å². The number of nitrogens with one attached hydrogen (secondary N) is 1. The zero-order chi connectivity index (χ0) is 12.7. The minimum atomic E-state index is 0.0860. The van der Waals surface area contributed by atoms with Gasteiger partial charge in [0.05, 0.1) is 11.7 Å². The first-order valence-corrected chi connectivity index (χ1v) is 7.12. The molecular weight excluding hydrogens is 343 g/mol. The van der Waals surface area contributed by atoms with Crippen LogP contribution in [0.25, 0.3) is 0 Å². The summed E-state index contributed by atoms with van der Waals surface area (Å²) < 4.78 is 1.04. The van der Waals surface area contributed by atoms with Gasteiger partial charge in [-0.2, -0.15) is 0 Å². The summed E-state index contributed by atoms with van der Waals surface area (Å²) in [6.07, 6.45) is 2.39. The Hall–Kier alpha value is -0.890. The average Bonchev–Trinajstić information content (AvgIpc) is 2.42. The van der Waals surface area contributed by atoms with Crippen LogP contribution in [0.4, 0.5) is 11.5 Å². The number of nitrogens with zero attached hydrogens (tertiary/aromatic N) is 3. The Balaban J connectivity index is 2.02. The van der Waals surface area contributed by atoms with Crippen molar-refractivity contribution in [3.05, 3.63) is 15.8 Å². The van der Waals surface area contributed by atoms with E-state index >= 15 is 0 Å². The number of halogens is 1. The van der Waals surface area contributed by atoms with Crippen LogP contribution < -0.4 is 10.2 Å². The molecule has 1 atom stereocenters. The Morgan fingerprint density at radius 3 is 3.17 bits per heavy atom. The van der Waals surface area contributed by atoms with Crippen LogP contribution in [-0.2, 0) is 4.79 Å². The van der Waals surface area contributed by atoms with Crippen LogP contribution in [0.15, 0.2) is 12.3 Å². The number of aromatic nitrogens is 1. The molecule has 0 saturated carbocycles. The van der Waals surface area contributed by atoms with Gasteiger partial charge in [-0.15, -0.1) is 0 Å². The summed E-state index contributed by atoms with van der Waals surface area (Å²) in [7, 11) is 2.10. The number of hydrogen-bond donors (Lipinski definition) is 1. The monoisotopic (exact) mass is 358 g/mol. The molecule has 1 N–H and O–H groups in total. The van der Waals surface area contributed by atoms with Crippen molar-refractivity contribution in [1.82, 2.24) is 9.88 Å². The SMILES string of the molecule is CN1CCN2c3ncc(I)cc3NC(=O)CC2C1. The number of carbonyl (C=O) groups is 1. The molecule has 2 aliphatic rings. The van der Waals surface area contributed by atoms with Crippen LogP contribution in [0.1, 0.15) is 6.42 Å². The molecule has 1 fully saturated rings. The fourth-order valence-electron chi connectivity index (χ4n) is 2.63. The lowest BCUT2D eigenvalue weighted by atomic mass is 10.1. The molecule has 0 spiro atoms. The lowest BCUT2D eigenvalue weighted by Gasteiger charge is -2.39. The predicted molar refractivity (Wildman–Crippen MR) is 78.8 cm³/mol. The van der Waals surface area contributed by atoms with Gasteiger partial charge >= 0.3 is 0 Å². The van der Waals surface area contributed by atoms with E-state index in [4.69, 9.17) is 0 Å². The number of piperazine rings is 1. The van der Waals surface area contributed by atoms with Crippen molar-refractivity contribution >= 4 is 40.0 Å². The summed E-state index contributed by atoms with van der Waals surface area (Å²) in [5.74, 6) is 1.00. The minimum Gasteiger partial charge on any atom is -0.349 e. The van der Waals surface area contributed by atoms with Crippen LogP contribution >= 0.6 is 22.6 Å². The van der Waals surface area contributed by atoms with E-state index < -0.39 is 0 Å². The summed E-state index contributed by atoms with van der Waals surface area (Å²) in [5, 5.41) is 2.97. The van der Waals surface area contributed by atoms with Crippen molar-refractivity contribution in [1.29, 1.82) is 0 Å². The largest absolute Gasteiger partial charge is 0.349 e. The second kappa shape index (κ2) is 4.65. The van der Waals surface area contributed by atoms with Crippen LogP contribution in [0.2, 0.25) is 0 Å². The highest BCUT2D eigenvalue weighted by atomic mass is 127. The third-order valence-electron chi connectivity index (χ3n) is 3.49. The molecule has 3 heterocycles. The van der Waals surface area contributed by atoms with E-state index in [2.05, 4.69) is 49.7 Å². The minimum absolute atomic E-state index is 0.0860. The highest BCUT2D eigenvalue weighted by Gasteiger charge is 2.32. The highest BCUT2D eigenvalue weighted by Crippen LogP contribution is 2.31. The smallest absolute Gasteiger partial charge is 0.226 e. The van der Waals surface area contributed by atoms with Crippen LogP contribution in [-0.4, -0.2) is 48.5 Å². The number of likely N-dealkylation sites (N-methyl/N-ethyl adjacent to an activating group) is 1. The number of anilines is 2. The third kappa shape index (κ3) is 2.18. The molecule has 0 radical (unpaired) electrons. The second-order valence-corrected chi connectivity index (χ2v) is 6.13. The Labute approximate surface area is 120 Å². The molecular formula is C12H15IN4O. The standard InChI is InChI=1S/C12H15IN4O/c1-16-2-3-17-9(7-16)5-11(18)15-10-4-8(13)6-14-12(10)17/h4,6,9H,2-3,5,7H2,1H3,(H,15,18). The maximum absolute atomic E-state index is 11.9. The third-order valence-corrected chi connectivity index (χ3v) is 4.08. The summed E-state index contributed by atoms with van der Waals surface area (Å²) in [4.78, 5) is 21.0. The molecule has 1 amide bonds.